The zero-order valence-electron chi connectivity index (χ0n) is 14.8. The van der Waals surface area contributed by atoms with E-state index in [-0.39, 0.29) is 5.56 Å². The first-order valence-electron chi connectivity index (χ1n) is 8.65. The van der Waals surface area contributed by atoms with Crippen LogP contribution < -0.4 is 5.56 Å². The predicted molar refractivity (Wildman–Crippen MR) is 101 cm³/mol. The van der Waals surface area contributed by atoms with Gasteiger partial charge in [0.05, 0.1) is 17.6 Å². The van der Waals surface area contributed by atoms with Crippen LogP contribution >= 0.6 is 0 Å². The van der Waals surface area contributed by atoms with Crippen molar-refractivity contribution in [2.45, 2.75) is 33.7 Å². The molecule has 0 saturated carbocycles. The van der Waals surface area contributed by atoms with Crippen LogP contribution in [-0.4, -0.2) is 14.0 Å². The average Bonchev–Trinajstić information content (AvgIpc) is 3.00. The summed E-state index contributed by atoms with van der Waals surface area (Å²) in [7, 11) is 0. The van der Waals surface area contributed by atoms with Crippen molar-refractivity contribution in [1.29, 1.82) is 0 Å². The zero-order valence-corrected chi connectivity index (χ0v) is 14.8. The van der Waals surface area contributed by atoms with Crippen molar-refractivity contribution in [3.63, 3.8) is 0 Å². The Kier molecular flexibility index (Phi) is 3.68. The third-order valence-corrected chi connectivity index (χ3v) is 4.90. The third kappa shape index (κ3) is 2.45. The van der Waals surface area contributed by atoms with Gasteiger partial charge < -0.3 is 4.57 Å². The smallest absolute Gasteiger partial charge is 0.262 e. The maximum atomic E-state index is 13.0. The van der Waals surface area contributed by atoms with Gasteiger partial charge in [-0.1, -0.05) is 48.9 Å². The Hall–Kier alpha value is -2.88. The number of aryl methyl sites for hydroxylation is 1. The summed E-state index contributed by atoms with van der Waals surface area (Å²) < 4.78 is 3.92. The number of rotatable bonds is 3. The molecule has 0 N–H and O–H groups in total. The Morgan fingerprint density at radius 2 is 1.72 bits per heavy atom. The summed E-state index contributed by atoms with van der Waals surface area (Å²) >= 11 is 0. The molecule has 0 atom stereocenters. The quantitative estimate of drug-likeness (QED) is 0.571. The van der Waals surface area contributed by atoms with Crippen LogP contribution in [0.4, 0.5) is 0 Å². The minimum atomic E-state index is 0.0452. The Morgan fingerprint density at radius 1 is 1.00 bits per heavy atom. The van der Waals surface area contributed by atoms with Crippen LogP contribution in [0, 0.1) is 13.8 Å². The lowest BCUT2D eigenvalue weighted by Gasteiger charge is -2.16. The Bertz CT molecular complexity index is 1130. The van der Waals surface area contributed by atoms with Gasteiger partial charge in [-0.05, 0) is 38.0 Å². The highest BCUT2D eigenvalue weighted by Gasteiger charge is 2.17. The molecule has 0 aliphatic heterocycles. The molecule has 2 aromatic heterocycles. The average molecular weight is 331 g/mol. The van der Waals surface area contributed by atoms with E-state index in [0.717, 1.165) is 22.3 Å². The summed E-state index contributed by atoms with van der Waals surface area (Å²) in [5.74, 6) is 0.710. The molecule has 4 nitrogen and oxygen atoms in total. The summed E-state index contributed by atoms with van der Waals surface area (Å²) in [4.78, 5) is 17.8. The normalized spacial score (nSPS) is 11.5. The van der Waals surface area contributed by atoms with Gasteiger partial charge in [0, 0.05) is 11.3 Å². The highest BCUT2D eigenvalue weighted by Crippen LogP contribution is 2.19. The van der Waals surface area contributed by atoms with E-state index in [1.807, 2.05) is 38.1 Å². The van der Waals surface area contributed by atoms with Crippen molar-refractivity contribution in [2.75, 3.05) is 0 Å². The molecule has 2 heterocycles. The lowest BCUT2D eigenvalue weighted by molar-refractivity contribution is 0.734. The van der Waals surface area contributed by atoms with Crippen LogP contribution in [0.15, 0.2) is 53.3 Å². The fourth-order valence-electron chi connectivity index (χ4n) is 3.47. The standard InChI is InChI=1S/C21H21N3O/c1-4-17-15(3)23(13-16-11-9-14(2)10-12-16)21-22-18-7-5-6-8-19(18)24(21)20(17)25/h5-12H,4,13H2,1-3H3. The van der Waals surface area contributed by atoms with Crippen molar-refractivity contribution in [1.82, 2.24) is 14.0 Å². The molecule has 0 amide bonds. The summed E-state index contributed by atoms with van der Waals surface area (Å²) in [6.07, 6.45) is 0.709. The molecule has 4 aromatic rings. The minimum Gasteiger partial charge on any atom is -0.311 e. The van der Waals surface area contributed by atoms with Gasteiger partial charge in [-0.25, -0.2) is 9.38 Å². The Labute approximate surface area is 146 Å². The molecule has 25 heavy (non-hydrogen) atoms. The lowest BCUT2D eigenvalue weighted by Crippen LogP contribution is -2.25. The van der Waals surface area contributed by atoms with Crippen molar-refractivity contribution in [3.8, 4) is 0 Å². The third-order valence-electron chi connectivity index (χ3n) is 4.90. The summed E-state index contributed by atoms with van der Waals surface area (Å²) in [6.45, 7) is 6.84. The van der Waals surface area contributed by atoms with Crippen molar-refractivity contribution >= 4 is 16.8 Å². The van der Waals surface area contributed by atoms with Gasteiger partial charge >= 0.3 is 0 Å². The number of fused-ring (bicyclic) bond motifs is 3. The molecule has 0 bridgehead atoms. The summed E-state index contributed by atoms with van der Waals surface area (Å²) in [5.41, 5.74) is 6.06. The molecule has 0 aliphatic rings. The van der Waals surface area contributed by atoms with Crippen LogP contribution in [-0.2, 0) is 13.0 Å². The van der Waals surface area contributed by atoms with Gasteiger partial charge in [0.25, 0.3) is 5.56 Å². The Balaban J connectivity index is 2.05. The van der Waals surface area contributed by atoms with Crippen molar-refractivity contribution in [3.05, 3.63) is 81.3 Å². The SMILES string of the molecule is CCc1c(C)n(Cc2ccc(C)cc2)c2nc3ccccc3n2c1=O. The molecule has 0 radical (unpaired) electrons. The molecule has 0 unspecified atom stereocenters. The molecular formula is C21H21N3O. The van der Waals surface area contributed by atoms with Gasteiger partial charge in [-0.15, -0.1) is 0 Å². The first-order chi connectivity index (χ1) is 12.1. The number of aromatic nitrogens is 3. The highest BCUT2D eigenvalue weighted by molar-refractivity contribution is 5.79. The molecule has 0 spiro atoms. The second kappa shape index (κ2) is 5.88. The maximum absolute atomic E-state index is 13.0. The second-order valence-electron chi connectivity index (χ2n) is 6.53. The monoisotopic (exact) mass is 331 g/mol. The van der Waals surface area contributed by atoms with Gasteiger partial charge in [0.15, 0.2) is 0 Å². The van der Waals surface area contributed by atoms with E-state index in [1.54, 1.807) is 4.40 Å². The second-order valence-corrected chi connectivity index (χ2v) is 6.53. The number of benzene rings is 2. The first kappa shape index (κ1) is 15.6. The number of para-hydroxylation sites is 2. The minimum absolute atomic E-state index is 0.0452. The number of hydrogen-bond acceptors (Lipinski definition) is 2. The van der Waals surface area contributed by atoms with Gasteiger partial charge in [-0.2, -0.15) is 0 Å². The number of imidazole rings is 1. The Morgan fingerprint density at radius 3 is 2.44 bits per heavy atom. The van der Waals surface area contributed by atoms with E-state index in [0.29, 0.717) is 18.7 Å². The number of hydrogen-bond donors (Lipinski definition) is 0. The largest absolute Gasteiger partial charge is 0.311 e. The molecule has 0 fully saturated rings. The van der Waals surface area contributed by atoms with E-state index >= 15 is 0 Å². The zero-order chi connectivity index (χ0) is 17.6. The molecule has 4 heteroatoms. The van der Waals surface area contributed by atoms with E-state index in [1.165, 1.54) is 11.1 Å². The molecule has 4 rings (SSSR count). The summed E-state index contributed by atoms with van der Waals surface area (Å²) in [5, 5.41) is 0. The van der Waals surface area contributed by atoms with E-state index in [4.69, 9.17) is 4.98 Å². The fourth-order valence-corrected chi connectivity index (χ4v) is 3.47. The van der Waals surface area contributed by atoms with Crippen LogP contribution in [0.2, 0.25) is 0 Å². The van der Waals surface area contributed by atoms with Gasteiger partial charge in [0.2, 0.25) is 5.78 Å². The fraction of sp³-hybridized carbons (Fsp3) is 0.238. The molecule has 126 valence electrons. The van der Waals surface area contributed by atoms with Crippen molar-refractivity contribution < 1.29 is 0 Å². The van der Waals surface area contributed by atoms with Crippen LogP contribution in [0.5, 0.6) is 0 Å². The van der Waals surface area contributed by atoms with Crippen molar-refractivity contribution in [2.24, 2.45) is 0 Å². The molecule has 2 aromatic carbocycles. The molecular weight excluding hydrogens is 310 g/mol. The van der Waals surface area contributed by atoms with Crippen LogP contribution in [0.25, 0.3) is 16.8 Å². The molecule has 0 aliphatic carbocycles. The lowest BCUT2D eigenvalue weighted by atomic mass is 10.1. The summed E-state index contributed by atoms with van der Waals surface area (Å²) in [6, 6.07) is 16.3. The van der Waals surface area contributed by atoms with Crippen LogP contribution in [0.3, 0.4) is 0 Å². The predicted octanol–water partition coefficient (Wildman–Crippen LogP) is 3.88. The van der Waals surface area contributed by atoms with E-state index in [9.17, 15) is 4.79 Å². The first-order valence-corrected chi connectivity index (χ1v) is 8.65. The van der Waals surface area contributed by atoms with E-state index < -0.39 is 0 Å². The van der Waals surface area contributed by atoms with E-state index in [2.05, 4.69) is 35.8 Å². The number of nitrogens with zero attached hydrogens (tertiary/aromatic N) is 3. The highest BCUT2D eigenvalue weighted by atomic mass is 16.1. The van der Waals surface area contributed by atoms with Gasteiger partial charge in [-0.3, -0.25) is 4.79 Å². The van der Waals surface area contributed by atoms with Crippen LogP contribution in [0.1, 0.15) is 29.3 Å². The van der Waals surface area contributed by atoms with Gasteiger partial charge in [0.1, 0.15) is 0 Å². The topological polar surface area (TPSA) is 39.3 Å². The maximum Gasteiger partial charge on any atom is 0.262 e. The molecule has 0 saturated heterocycles.